The van der Waals surface area contributed by atoms with Crippen molar-refractivity contribution in [3.8, 4) is 5.75 Å². The van der Waals surface area contributed by atoms with Gasteiger partial charge in [-0.2, -0.15) is 0 Å². The second-order valence-electron chi connectivity index (χ2n) is 7.25. The zero-order valence-corrected chi connectivity index (χ0v) is 17.3. The molecule has 4 rings (SSSR count). The van der Waals surface area contributed by atoms with Gasteiger partial charge in [-0.25, -0.2) is 14.3 Å². The number of aromatic nitrogens is 3. The molecule has 8 nitrogen and oxygen atoms in total. The van der Waals surface area contributed by atoms with Crippen LogP contribution in [-0.4, -0.2) is 33.2 Å². The Morgan fingerprint density at radius 1 is 1.20 bits per heavy atom. The van der Waals surface area contributed by atoms with Crippen LogP contribution in [0.5, 0.6) is 5.75 Å². The Balaban J connectivity index is 1.84. The molecule has 3 aromatic rings. The van der Waals surface area contributed by atoms with E-state index in [-0.39, 0.29) is 23.5 Å². The van der Waals surface area contributed by atoms with Gasteiger partial charge in [0.05, 0.1) is 6.61 Å². The number of amides is 1. The third-order valence-corrected chi connectivity index (χ3v) is 5.53. The van der Waals surface area contributed by atoms with E-state index >= 15 is 0 Å². The molecular formula is C22H24N4O4. The molecule has 1 aliphatic rings. The van der Waals surface area contributed by atoms with Crippen molar-refractivity contribution in [1.82, 2.24) is 14.1 Å². The number of ether oxygens (including phenoxy) is 1. The molecule has 0 aliphatic carbocycles. The average molecular weight is 408 g/mol. The molecule has 2 aromatic heterocycles. The summed E-state index contributed by atoms with van der Waals surface area (Å²) in [5.41, 5.74) is 1.82. The van der Waals surface area contributed by atoms with E-state index in [0.717, 1.165) is 27.8 Å². The number of nitrogens with zero attached hydrogens (tertiary/aromatic N) is 4. The molecule has 1 aromatic carbocycles. The Morgan fingerprint density at radius 2 is 1.97 bits per heavy atom. The summed E-state index contributed by atoms with van der Waals surface area (Å²) in [5, 5.41) is 0.230. The number of fused-ring (bicyclic) bond motifs is 2. The summed E-state index contributed by atoms with van der Waals surface area (Å²) >= 11 is 0. The summed E-state index contributed by atoms with van der Waals surface area (Å²) < 4.78 is 8.04. The number of carbonyl (C=O) groups is 1. The predicted octanol–water partition coefficient (Wildman–Crippen LogP) is 1.65. The van der Waals surface area contributed by atoms with Gasteiger partial charge in [-0.05, 0) is 31.4 Å². The van der Waals surface area contributed by atoms with Gasteiger partial charge in [0, 0.05) is 31.0 Å². The van der Waals surface area contributed by atoms with Crippen LogP contribution in [0.4, 0.5) is 5.69 Å². The number of rotatable bonds is 5. The van der Waals surface area contributed by atoms with E-state index in [1.165, 1.54) is 4.57 Å². The highest BCUT2D eigenvalue weighted by Gasteiger charge is 2.26. The lowest BCUT2D eigenvalue weighted by molar-refractivity contribution is -0.119. The van der Waals surface area contributed by atoms with Crippen LogP contribution in [0.15, 0.2) is 40.1 Å². The minimum atomic E-state index is -0.576. The maximum atomic E-state index is 13.3. The number of benzene rings is 1. The summed E-state index contributed by atoms with van der Waals surface area (Å²) in [7, 11) is 1.55. The normalized spacial score (nSPS) is 13.0. The molecule has 0 spiro atoms. The lowest BCUT2D eigenvalue weighted by Gasteiger charge is -2.19. The van der Waals surface area contributed by atoms with Gasteiger partial charge >= 0.3 is 5.69 Å². The third-order valence-electron chi connectivity index (χ3n) is 5.53. The Hall–Kier alpha value is -3.42. The lowest BCUT2D eigenvalue weighted by atomic mass is 10.1. The second kappa shape index (κ2) is 7.78. The van der Waals surface area contributed by atoms with E-state index in [4.69, 9.17) is 4.74 Å². The minimum absolute atomic E-state index is 0.230. The molecule has 8 heteroatoms. The first-order valence-electron chi connectivity index (χ1n) is 10.1. The van der Waals surface area contributed by atoms with E-state index < -0.39 is 11.2 Å². The van der Waals surface area contributed by atoms with Gasteiger partial charge in [0.15, 0.2) is 5.65 Å². The number of carbonyl (C=O) groups excluding carboxylic acids is 1. The topological polar surface area (TPSA) is 86.4 Å². The zero-order chi connectivity index (χ0) is 21.4. The van der Waals surface area contributed by atoms with E-state index in [0.29, 0.717) is 25.3 Å². The largest absolute Gasteiger partial charge is 0.493 e. The van der Waals surface area contributed by atoms with Gasteiger partial charge < -0.3 is 9.64 Å². The van der Waals surface area contributed by atoms with Gasteiger partial charge in [0.1, 0.15) is 17.7 Å². The molecule has 0 radical (unpaired) electrons. The molecular weight excluding hydrogens is 384 g/mol. The second-order valence-corrected chi connectivity index (χ2v) is 7.25. The number of hydrogen-bond donors (Lipinski definition) is 0. The number of para-hydroxylation sites is 1. The standard InChI is InChI=1S/C22H24N4O4/c1-4-14-12-23-20-18(19(14)30-5-2)21(28)26(22(29)24(20)3)13-17(27)25-11-10-15-8-6-7-9-16(15)25/h6-9,12H,4-5,10-11,13H2,1-3H3. The average Bonchev–Trinajstić information content (AvgIpc) is 3.19. The molecule has 156 valence electrons. The summed E-state index contributed by atoms with van der Waals surface area (Å²) in [6, 6.07) is 7.67. The van der Waals surface area contributed by atoms with Crippen LogP contribution < -0.4 is 20.9 Å². The summed E-state index contributed by atoms with van der Waals surface area (Å²) in [4.78, 5) is 45.2. The molecule has 0 saturated heterocycles. The van der Waals surface area contributed by atoms with Crippen molar-refractivity contribution in [2.45, 2.75) is 33.2 Å². The van der Waals surface area contributed by atoms with Gasteiger partial charge in [0.25, 0.3) is 5.56 Å². The Bertz CT molecular complexity index is 1260. The van der Waals surface area contributed by atoms with Crippen LogP contribution in [0, 0.1) is 0 Å². The highest BCUT2D eigenvalue weighted by Crippen LogP contribution is 2.28. The van der Waals surface area contributed by atoms with E-state index in [2.05, 4.69) is 4.98 Å². The van der Waals surface area contributed by atoms with Crippen molar-refractivity contribution in [2.24, 2.45) is 7.05 Å². The summed E-state index contributed by atoms with van der Waals surface area (Å²) in [5.74, 6) is 0.134. The van der Waals surface area contributed by atoms with Crippen molar-refractivity contribution in [3.05, 3.63) is 62.4 Å². The molecule has 0 saturated carbocycles. The number of pyridine rings is 1. The van der Waals surface area contributed by atoms with Gasteiger partial charge in [-0.3, -0.25) is 14.2 Å². The van der Waals surface area contributed by atoms with Crippen LogP contribution >= 0.6 is 0 Å². The SMILES string of the molecule is CCOc1c(CC)cnc2c1c(=O)n(CC(=O)N1CCc3ccccc31)c(=O)n2C. The molecule has 30 heavy (non-hydrogen) atoms. The maximum Gasteiger partial charge on any atom is 0.332 e. The van der Waals surface area contributed by atoms with Crippen LogP contribution in [0.1, 0.15) is 25.0 Å². The van der Waals surface area contributed by atoms with Gasteiger partial charge in [-0.1, -0.05) is 25.1 Å². The van der Waals surface area contributed by atoms with E-state index in [1.54, 1.807) is 18.1 Å². The van der Waals surface area contributed by atoms with Crippen molar-refractivity contribution < 1.29 is 9.53 Å². The fraction of sp³-hybridized carbons (Fsp3) is 0.364. The molecule has 0 bridgehead atoms. The van der Waals surface area contributed by atoms with E-state index in [9.17, 15) is 14.4 Å². The first-order valence-corrected chi connectivity index (χ1v) is 10.1. The third kappa shape index (κ3) is 3.08. The van der Waals surface area contributed by atoms with Crippen LogP contribution in [-0.2, 0) is 31.2 Å². The molecule has 0 N–H and O–H groups in total. The molecule has 1 amide bonds. The number of aryl methyl sites for hydroxylation is 2. The zero-order valence-electron chi connectivity index (χ0n) is 17.3. The maximum absolute atomic E-state index is 13.3. The fourth-order valence-electron chi connectivity index (χ4n) is 3.98. The van der Waals surface area contributed by atoms with Crippen molar-refractivity contribution in [2.75, 3.05) is 18.1 Å². The monoisotopic (exact) mass is 408 g/mol. The highest BCUT2D eigenvalue weighted by molar-refractivity contribution is 5.95. The van der Waals surface area contributed by atoms with Crippen molar-refractivity contribution >= 4 is 22.6 Å². The minimum Gasteiger partial charge on any atom is -0.493 e. The number of hydrogen-bond acceptors (Lipinski definition) is 5. The molecule has 3 heterocycles. The van der Waals surface area contributed by atoms with Gasteiger partial charge in [-0.15, -0.1) is 0 Å². The van der Waals surface area contributed by atoms with Crippen LogP contribution in [0.25, 0.3) is 11.0 Å². The van der Waals surface area contributed by atoms with Crippen molar-refractivity contribution in [1.29, 1.82) is 0 Å². The Kier molecular flexibility index (Phi) is 5.15. The highest BCUT2D eigenvalue weighted by atomic mass is 16.5. The fourth-order valence-corrected chi connectivity index (χ4v) is 3.98. The molecule has 1 aliphatic heterocycles. The van der Waals surface area contributed by atoms with Crippen LogP contribution in [0.3, 0.4) is 0 Å². The molecule has 0 atom stereocenters. The summed E-state index contributed by atoms with van der Waals surface area (Å²) in [6.45, 7) is 4.35. The van der Waals surface area contributed by atoms with Crippen molar-refractivity contribution in [3.63, 3.8) is 0 Å². The van der Waals surface area contributed by atoms with E-state index in [1.807, 2.05) is 38.1 Å². The summed E-state index contributed by atoms with van der Waals surface area (Å²) in [6.07, 6.45) is 3.01. The lowest BCUT2D eigenvalue weighted by Crippen LogP contribution is -2.44. The van der Waals surface area contributed by atoms with Crippen LogP contribution in [0.2, 0.25) is 0 Å². The predicted molar refractivity (Wildman–Crippen MR) is 114 cm³/mol. The Labute approximate surface area is 173 Å². The first kappa shape index (κ1) is 19.9. The smallest absolute Gasteiger partial charge is 0.332 e. The Morgan fingerprint density at radius 3 is 2.70 bits per heavy atom. The van der Waals surface area contributed by atoms with Gasteiger partial charge in [0.2, 0.25) is 5.91 Å². The quantitative estimate of drug-likeness (QED) is 0.641. The molecule has 0 fully saturated rings. The molecule has 0 unspecified atom stereocenters. The number of anilines is 1. The first-order chi connectivity index (χ1) is 14.5.